The van der Waals surface area contributed by atoms with Gasteiger partial charge in [0.2, 0.25) is 0 Å². The lowest BCUT2D eigenvalue weighted by Gasteiger charge is -2.36. The SMILES string of the molecule is CCC1=Nc2cc(C(=O)NCCCN3CCN(c4ccccc4F)CC3)ccc2Sc2ccc(C)cc21. The van der Waals surface area contributed by atoms with Gasteiger partial charge < -0.3 is 10.2 Å². The van der Waals surface area contributed by atoms with Crippen molar-refractivity contribution in [3.63, 3.8) is 0 Å². The quantitative estimate of drug-likeness (QED) is 0.387. The van der Waals surface area contributed by atoms with Gasteiger partial charge in [-0.3, -0.25) is 14.7 Å². The molecular weight excluding hydrogens is 483 g/mol. The first-order chi connectivity index (χ1) is 18.0. The van der Waals surface area contributed by atoms with E-state index in [9.17, 15) is 9.18 Å². The van der Waals surface area contributed by atoms with Crippen LogP contribution in [-0.4, -0.2) is 55.8 Å². The topological polar surface area (TPSA) is 47.9 Å². The molecule has 0 spiro atoms. The maximum absolute atomic E-state index is 14.1. The van der Waals surface area contributed by atoms with Gasteiger partial charge in [-0.05, 0) is 68.8 Å². The van der Waals surface area contributed by atoms with E-state index in [1.54, 1.807) is 17.8 Å². The molecule has 0 unspecified atom stereocenters. The lowest BCUT2D eigenvalue weighted by atomic mass is 10.0. The molecule has 0 bridgehead atoms. The highest BCUT2D eigenvalue weighted by atomic mass is 32.2. The number of benzene rings is 3. The third kappa shape index (κ3) is 5.89. The summed E-state index contributed by atoms with van der Waals surface area (Å²) in [6.45, 7) is 9.16. The predicted molar refractivity (Wildman–Crippen MR) is 150 cm³/mol. The number of carbonyl (C=O) groups excluding carboxylic acids is 1. The van der Waals surface area contributed by atoms with E-state index in [0.717, 1.165) is 61.9 Å². The number of hydrogen-bond donors (Lipinski definition) is 1. The number of fused-ring (bicyclic) bond motifs is 2. The number of nitrogens with one attached hydrogen (secondary N) is 1. The van der Waals surface area contributed by atoms with Gasteiger partial charge in [0.1, 0.15) is 5.82 Å². The number of hydrogen-bond acceptors (Lipinski definition) is 5. The van der Waals surface area contributed by atoms with Crippen LogP contribution in [0, 0.1) is 12.7 Å². The van der Waals surface area contributed by atoms with Crippen molar-refractivity contribution in [2.45, 2.75) is 36.5 Å². The molecule has 0 aliphatic carbocycles. The van der Waals surface area contributed by atoms with Crippen molar-refractivity contribution >= 4 is 34.8 Å². The van der Waals surface area contributed by atoms with Crippen LogP contribution in [0.2, 0.25) is 0 Å². The first-order valence-corrected chi connectivity index (χ1v) is 13.8. The van der Waals surface area contributed by atoms with Crippen molar-refractivity contribution in [1.82, 2.24) is 10.2 Å². The fourth-order valence-corrected chi connectivity index (χ4v) is 5.92. The molecule has 1 N–H and O–H groups in total. The highest BCUT2D eigenvalue weighted by Gasteiger charge is 2.20. The lowest BCUT2D eigenvalue weighted by molar-refractivity contribution is 0.0951. The molecule has 0 atom stereocenters. The summed E-state index contributed by atoms with van der Waals surface area (Å²) >= 11 is 1.71. The molecule has 2 aliphatic heterocycles. The third-order valence-corrected chi connectivity index (χ3v) is 8.12. The summed E-state index contributed by atoms with van der Waals surface area (Å²) in [5.74, 6) is -0.227. The van der Waals surface area contributed by atoms with Gasteiger partial charge in [0.15, 0.2) is 0 Å². The normalized spacial score (nSPS) is 15.4. The van der Waals surface area contributed by atoms with E-state index in [-0.39, 0.29) is 11.7 Å². The van der Waals surface area contributed by atoms with E-state index < -0.39 is 0 Å². The van der Waals surface area contributed by atoms with Gasteiger partial charge in [-0.2, -0.15) is 0 Å². The van der Waals surface area contributed by atoms with Gasteiger partial charge in [-0.25, -0.2) is 4.39 Å². The molecule has 0 aromatic heterocycles. The molecule has 1 saturated heterocycles. The molecule has 5 nitrogen and oxygen atoms in total. The number of para-hydroxylation sites is 1. The van der Waals surface area contributed by atoms with E-state index in [4.69, 9.17) is 4.99 Å². The minimum atomic E-state index is -0.161. The number of halogens is 1. The second-order valence-corrected chi connectivity index (χ2v) is 10.7. The standard InChI is InChI=1S/C30H33FN4OS/c1-3-25-23-19-21(2)9-11-28(23)37-29-12-10-22(20-26(29)33-25)30(36)32-13-6-14-34-15-17-35(18-16-34)27-8-5-4-7-24(27)31/h4-5,7-12,19-20H,3,6,13-18H2,1-2H3,(H,32,36). The van der Waals surface area contributed by atoms with Crippen LogP contribution >= 0.6 is 11.8 Å². The Bertz CT molecular complexity index is 1320. The van der Waals surface area contributed by atoms with Gasteiger partial charge in [0.05, 0.1) is 11.4 Å². The Balaban J connectivity index is 1.13. The van der Waals surface area contributed by atoms with E-state index >= 15 is 0 Å². The molecule has 3 aromatic carbocycles. The van der Waals surface area contributed by atoms with Crippen molar-refractivity contribution in [1.29, 1.82) is 0 Å². The average Bonchev–Trinajstić information content (AvgIpc) is 3.07. The second kappa shape index (κ2) is 11.5. The van der Waals surface area contributed by atoms with Crippen LogP contribution in [0.1, 0.15) is 41.3 Å². The zero-order valence-corrected chi connectivity index (χ0v) is 22.3. The number of carbonyl (C=O) groups is 1. The van der Waals surface area contributed by atoms with Gasteiger partial charge >= 0.3 is 0 Å². The van der Waals surface area contributed by atoms with Crippen LogP contribution in [0.4, 0.5) is 15.8 Å². The zero-order valence-electron chi connectivity index (χ0n) is 21.5. The molecule has 7 heteroatoms. The van der Waals surface area contributed by atoms with Crippen molar-refractivity contribution in [2.75, 3.05) is 44.2 Å². The van der Waals surface area contributed by atoms with E-state index in [0.29, 0.717) is 17.8 Å². The van der Waals surface area contributed by atoms with Gasteiger partial charge in [0.25, 0.3) is 5.91 Å². The maximum atomic E-state index is 14.1. The van der Waals surface area contributed by atoms with Crippen molar-refractivity contribution in [3.05, 3.63) is 83.2 Å². The predicted octanol–water partition coefficient (Wildman–Crippen LogP) is 6.07. The summed E-state index contributed by atoms with van der Waals surface area (Å²) in [4.78, 5) is 24.6. The summed E-state index contributed by atoms with van der Waals surface area (Å²) in [5, 5.41) is 3.07. The number of nitrogens with zero attached hydrogens (tertiary/aromatic N) is 3. The molecule has 1 amide bonds. The molecular formula is C30H33FN4OS. The molecule has 2 aliphatic rings. The molecule has 192 valence electrons. The van der Waals surface area contributed by atoms with E-state index in [2.05, 4.69) is 47.2 Å². The van der Waals surface area contributed by atoms with Crippen LogP contribution in [-0.2, 0) is 0 Å². The maximum Gasteiger partial charge on any atom is 0.251 e. The second-order valence-electron chi connectivity index (χ2n) is 9.59. The van der Waals surface area contributed by atoms with E-state index in [1.165, 1.54) is 22.1 Å². The Kier molecular flexibility index (Phi) is 7.91. The number of aryl methyl sites for hydroxylation is 1. The minimum absolute atomic E-state index is 0.0666. The molecule has 0 radical (unpaired) electrons. The number of piperazine rings is 1. The smallest absolute Gasteiger partial charge is 0.251 e. The van der Waals surface area contributed by atoms with E-state index in [1.807, 2.05) is 30.3 Å². The van der Waals surface area contributed by atoms with Gasteiger partial charge in [-0.15, -0.1) is 0 Å². The van der Waals surface area contributed by atoms with Crippen molar-refractivity contribution in [2.24, 2.45) is 4.99 Å². The summed E-state index contributed by atoms with van der Waals surface area (Å²) in [6, 6.07) is 19.3. The molecule has 1 fully saturated rings. The summed E-state index contributed by atoms with van der Waals surface area (Å²) in [6.07, 6.45) is 1.71. The van der Waals surface area contributed by atoms with Gasteiger partial charge in [-0.1, -0.05) is 42.4 Å². The molecule has 3 aromatic rings. The molecule has 2 heterocycles. The van der Waals surface area contributed by atoms with Crippen LogP contribution in [0.15, 0.2) is 75.4 Å². The largest absolute Gasteiger partial charge is 0.367 e. The van der Waals surface area contributed by atoms with Crippen LogP contribution < -0.4 is 10.2 Å². The van der Waals surface area contributed by atoms with Crippen LogP contribution in [0.5, 0.6) is 0 Å². The summed E-state index contributed by atoms with van der Waals surface area (Å²) in [7, 11) is 0. The van der Waals surface area contributed by atoms with Crippen LogP contribution in [0.3, 0.4) is 0 Å². The van der Waals surface area contributed by atoms with Gasteiger partial charge in [0, 0.05) is 59.4 Å². The average molecular weight is 517 g/mol. The number of aliphatic imine (C=N–C) groups is 1. The Labute approximate surface area is 222 Å². The third-order valence-electron chi connectivity index (χ3n) is 6.98. The highest BCUT2D eigenvalue weighted by Crippen LogP contribution is 2.41. The van der Waals surface area contributed by atoms with Crippen LogP contribution in [0.25, 0.3) is 0 Å². The van der Waals surface area contributed by atoms with Crippen molar-refractivity contribution < 1.29 is 9.18 Å². The Morgan fingerprint density at radius 3 is 2.59 bits per heavy atom. The molecule has 0 saturated carbocycles. The Hall–Kier alpha value is -3.16. The zero-order chi connectivity index (χ0) is 25.8. The minimum Gasteiger partial charge on any atom is -0.367 e. The molecule has 5 rings (SSSR count). The first kappa shape index (κ1) is 25.5. The number of anilines is 1. The Morgan fingerprint density at radius 1 is 1.03 bits per heavy atom. The monoisotopic (exact) mass is 516 g/mol. The summed E-state index contributed by atoms with van der Waals surface area (Å²) < 4.78 is 14.1. The fourth-order valence-electron chi connectivity index (χ4n) is 4.91. The highest BCUT2D eigenvalue weighted by molar-refractivity contribution is 7.99. The Morgan fingerprint density at radius 2 is 1.81 bits per heavy atom. The fraction of sp³-hybridized carbons (Fsp3) is 0.333. The molecule has 37 heavy (non-hydrogen) atoms. The number of rotatable bonds is 7. The first-order valence-electron chi connectivity index (χ1n) is 13.0. The summed E-state index contributed by atoms with van der Waals surface area (Å²) in [5.41, 5.74) is 5.64. The lowest BCUT2D eigenvalue weighted by Crippen LogP contribution is -2.47. The number of amides is 1. The van der Waals surface area contributed by atoms with Crippen molar-refractivity contribution in [3.8, 4) is 0 Å².